The first-order valence-corrected chi connectivity index (χ1v) is 17.7. The second-order valence-electron chi connectivity index (χ2n) is 10.7. The molecule has 0 spiro atoms. The van der Waals surface area contributed by atoms with E-state index in [2.05, 4.69) is 38.1 Å². The van der Waals surface area contributed by atoms with Crippen LogP contribution in [0.4, 0.5) is 16.0 Å². The number of nitrogens with one attached hydrogen (secondary N) is 1. The number of alkyl halides is 1. The van der Waals surface area contributed by atoms with Gasteiger partial charge in [-0.3, -0.25) is 32.4 Å². The van der Waals surface area contributed by atoms with Crippen LogP contribution in [0, 0.1) is 12.3 Å². The first-order chi connectivity index (χ1) is 21.8. The number of ether oxygens (including phenoxy) is 2. The molecule has 4 aromatic rings. The number of aromatic nitrogens is 6. The first kappa shape index (κ1) is 31.3. The molecule has 7 rings (SSSR count). The van der Waals surface area contributed by atoms with Crippen LogP contribution in [0.5, 0.6) is 0 Å². The predicted octanol–water partition coefficient (Wildman–Crippen LogP) is 1.82. The molecule has 22 heteroatoms. The molecule has 9 atom stereocenters. The largest absolute Gasteiger partial charge is 0.472 e. The van der Waals surface area contributed by atoms with E-state index in [1.54, 1.807) is 22.9 Å². The summed E-state index contributed by atoms with van der Waals surface area (Å²) >= 11 is 4.05. The third-order valence-electron chi connectivity index (χ3n) is 7.83. The fourth-order valence-corrected chi connectivity index (χ4v) is 8.08. The zero-order chi connectivity index (χ0) is 32.6. The van der Waals surface area contributed by atoms with E-state index in [1.165, 1.54) is 6.20 Å². The molecule has 3 fully saturated rings. The number of fused-ring (bicyclic) bond motifs is 5. The molecular weight excluding hydrogens is 673 g/mol. The van der Waals surface area contributed by atoms with Crippen LogP contribution in [0.25, 0.3) is 22.2 Å². The quantitative estimate of drug-likeness (QED) is 0.114. The van der Waals surface area contributed by atoms with Crippen molar-refractivity contribution < 1.29 is 46.0 Å². The number of H-pyrrole nitrogens is 1. The van der Waals surface area contributed by atoms with E-state index in [-0.39, 0.29) is 23.5 Å². The minimum atomic E-state index is -5.01. The van der Waals surface area contributed by atoms with Gasteiger partial charge in [-0.15, -0.1) is 6.42 Å². The number of pyridine rings is 1. The number of nitrogen functional groups attached to an aromatic ring is 2. The highest BCUT2D eigenvalue weighted by atomic mass is 32.7. The van der Waals surface area contributed by atoms with E-state index in [0.717, 1.165) is 10.9 Å². The van der Waals surface area contributed by atoms with E-state index in [0.29, 0.717) is 16.7 Å². The summed E-state index contributed by atoms with van der Waals surface area (Å²) < 4.78 is 79.2. The van der Waals surface area contributed by atoms with Crippen molar-refractivity contribution in [1.82, 2.24) is 29.1 Å². The summed E-state index contributed by atoms with van der Waals surface area (Å²) in [5.74, 6) is 2.11. The lowest BCUT2D eigenvalue weighted by molar-refractivity contribution is -0.0903. The molecule has 244 valence electrons. The van der Waals surface area contributed by atoms with Crippen molar-refractivity contribution >= 4 is 60.7 Å². The van der Waals surface area contributed by atoms with Gasteiger partial charge < -0.3 is 30.4 Å². The number of hydrogen-bond acceptors (Lipinski definition) is 14. The highest BCUT2D eigenvalue weighted by Gasteiger charge is 2.56. The lowest BCUT2D eigenvalue weighted by Crippen LogP contribution is -2.43. The summed E-state index contributed by atoms with van der Waals surface area (Å²) in [5, 5.41) is 0.614. The lowest BCUT2D eigenvalue weighted by atomic mass is 9.99. The van der Waals surface area contributed by atoms with Crippen molar-refractivity contribution in [2.24, 2.45) is 0 Å². The highest BCUT2D eigenvalue weighted by Crippen LogP contribution is 2.59. The lowest BCUT2D eigenvalue weighted by Gasteiger charge is -2.31. The zero-order valence-electron chi connectivity index (χ0n) is 23.3. The molecule has 3 aliphatic heterocycles. The Morgan fingerprint density at radius 2 is 2.00 bits per heavy atom. The van der Waals surface area contributed by atoms with E-state index in [9.17, 15) is 18.8 Å². The van der Waals surface area contributed by atoms with Gasteiger partial charge in [0, 0.05) is 29.9 Å². The molecule has 0 aliphatic carbocycles. The molecule has 0 aromatic carbocycles. The third kappa shape index (κ3) is 5.32. The maximum Gasteiger partial charge on any atom is 0.472 e. The molecule has 3 aliphatic rings. The van der Waals surface area contributed by atoms with Gasteiger partial charge in [-0.1, -0.05) is 18.2 Å². The van der Waals surface area contributed by atoms with Gasteiger partial charge in [0.15, 0.2) is 29.2 Å². The molecule has 3 saturated heterocycles. The molecule has 2 unspecified atom stereocenters. The molecule has 4 aromatic heterocycles. The molecule has 0 radical (unpaired) electrons. The molecule has 0 saturated carbocycles. The number of anilines is 2. The number of nitrogens with two attached hydrogens (primary N) is 2. The number of thiol groups is 1. The standard InChI is InChI=1S/C24H25FN8O10P2S/c1-2-24-9-39-45(37,46)43-18-16(25)13(40-22(18)33-10-29-17-20(33)30-23(27)31-21(17)34)8-38-44(35,36)42-14(24)7-15(41-24)32-6-4-11-12(26)3-5-28-19(11)32/h1,3-6,10,13-16,18,22H,7-9H2,(H2,26,28)(H,35,36)(H,37,46)(H3,27,30,31,34)/t13-,14+,15-,16+,18-,22-,24-,45?/m1/s1. The maximum absolute atomic E-state index is 15.9. The van der Waals surface area contributed by atoms with Crippen molar-refractivity contribution in [2.75, 3.05) is 24.7 Å². The second-order valence-corrected chi connectivity index (χ2v) is 14.9. The van der Waals surface area contributed by atoms with Crippen molar-refractivity contribution in [1.29, 1.82) is 0 Å². The fraction of sp³-hybridized carbons (Fsp3) is 0.417. The Hall–Kier alpha value is -3.34. The van der Waals surface area contributed by atoms with Crippen molar-refractivity contribution in [2.45, 2.75) is 49.0 Å². The van der Waals surface area contributed by atoms with Crippen LogP contribution < -0.4 is 17.0 Å². The summed E-state index contributed by atoms with van der Waals surface area (Å²) in [4.78, 5) is 37.7. The number of halogens is 1. The molecule has 6 N–H and O–H groups in total. The van der Waals surface area contributed by atoms with E-state index >= 15 is 4.39 Å². The van der Waals surface area contributed by atoms with Crippen molar-refractivity contribution in [3.05, 3.63) is 41.2 Å². The molecule has 2 bridgehead atoms. The monoisotopic (exact) mass is 698 g/mol. The van der Waals surface area contributed by atoms with Gasteiger partial charge >= 0.3 is 14.6 Å². The average molecular weight is 699 g/mol. The summed E-state index contributed by atoms with van der Waals surface area (Å²) in [7, 11) is -5.01. The number of aromatic amines is 1. The topological polar surface area (TPSA) is 243 Å². The Balaban J connectivity index is 1.23. The van der Waals surface area contributed by atoms with E-state index in [1.807, 2.05) is 0 Å². The normalized spacial score (nSPS) is 36.9. The fourth-order valence-electron chi connectivity index (χ4n) is 5.66. The SMILES string of the molecule is C#C[C@@]12COP(=O)(S)O[C@@H]3[C@@H](F)[C@@H](COP(=O)(O)O[C@H]1C[C@H](n1ccc4c(N)ccnc41)O2)O[C@H]3n1cnc2c(=O)[nH]c(N)nc21. The van der Waals surface area contributed by atoms with Crippen LogP contribution in [0.3, 0.4) is 0 Å². The van der Waals surface area contributed by atoms with E-state index < -0.39 is 75.9 Å². The molecule has 7 heterocycles. The molecule has 46 heavy (non-hydrogen) atoms. The van der Waals surface area contributed by atoms with Crippen molar-refractivity contribution in [3.63, 3.8) is 0 Å². The predicted molar refractivity (Wildman–Crippen MR) is 160 cm³/mol. The maximum atomic E-state index is 15.9. The third-order valence-corrected chi connectivity index (χ3v) is 10.4. The first-order valence-electron chi connectivity index (χ1n) is 13.5. The number of nitrogens with zero attached hydrogens (tertiary/aromatic N) is 5. The number of terminal acetylenes is 1. The Labute approximate surface area is 262 Å². The minimum Gasteiger partial charge on any atom is -0.398 e. The number of hydrogen-bond donors (Lipinski definition) is 5. The second kappa shape index (κ2) is 11.1. The van der Waals surface area contributed by atoms with Gasteiger partial charge in [-0.25, -0.2) is 23.5 Å². The van der Waals surface area contributed by atoms with Crippen molar-refractivity contribution in [3.8, 4) is 12.3 Å². The Kier molecular flexibility index (Phi) is 7.57. The molecule has 18 nitrogen and oxygen atoms in total. The summed E-state index contributed by atoms with van der Waals surface area (Å²) in [5.41, 5.74) is 9.70. The van der Waals surface area contributed by atoms with E-state index in [4.69, 9.17) is 45.5 Å². The number of rotatable bonds is 2. The summed E-state index contributed by atoms with van der Waals surface area (Å²) in [6, 6.07) is 3.32. The van der Waals surface area contributed by atoms with Crippen LogP contribution in [0.2, 0.25) is 0 Å². The summed E-state index contributed by atoms with van der Waals surface area (Å²) in [6.45, 7) is -6.11. The van der Waals surface area contributed by atoms with Crippen LogP contribution >= 0.6 is 26.9 Å². The average Bonchev–Trinajstić information content (AvgIpc) is 3.76. The number of phosphoric acid groups is 1. The van der Waals surface area contributed by atoms with Crippen LogP contribution in [0.15, 0.2) is 35.6 Å². The number of phosphoric ester groups is 1. The zero-order valence-corrected chi connectivity index (χ0v) is 26.0. The van der Waals surface area contributed by atoms with Gasteiger partial charge in [0.05, 0.1) is 12.9 Å². The number of imidazole rings is 1. The van der Waals surface area contributed by atoms with Crippen LogP contribution in [0.1, 0.15) is 18.9 Å². The summed E-state index contributed by atoms with van der Waals surface area (Å²) in [6.07, 6.45) is 0.691. The van der Waals surface area contributed by atoms with Crippen LogP contribution in [-0.2, 0) is 36.7 Å². The smallest absolute Gasteiger partial charge is 0.398 e. The molecule has 0 amide bonds. The van der Waals surface area contributed by atoms with Gasteiger partial charge in [0.25, 0.3) is 5.56 Å². The highest BCUT2D eigenvalue weighted by molar-refractivity contribution is 8.44. The van der Waals surface area contributed by atoms with Gasteiger partial charge in [0.2, 0.25) is 5.95 Å². The van der Waals surface area contributed by atoms with Gasteiger partial charge in [-0.2, -0.15) is 4.98 Å². The Morgan fingerprint density at radius 1 is 1.20 bits per heavy atom. The molecular formula is C24H25FN8O10P2S. The Bertz CT molecular complexity index is 2050. The minimum absolute atomic E-state index is 0.117. The van der Waals surface area contributed by atoms with Gasteiger partial charge in [0.1, 0.15) is 36.8 Å². The van der Waals surface area contributed by atoms with Gasteiger partial charge in [-0.05, 0) is 12.1 Å². The van der Waals surface area contributed by atoms with Crippen LogP contribution in [-0.4, -0.2) is 77.3 Å². The Morgan fingerprint density at radius 3 is 2.78 bits per heavy atom.